The van der Waals surface area contributed by atoms with Gasteiger partial charge in [0.15, 0.2) is 0 Å². The smallest absolute Gasteiger partial charge is 0.0474 e. The molecule has 0 unspecified atom stereocenters. The van der Waals surface area contributed by atoms with Crippen molar-refractivity contribution in [3.63, 3.8) is 0 Å². The first-order valence-corrected chi connectivity index (χ1v) is 18.3. The number of nitrogens with zero attached hydrogens (tertiary/aromatic N) is 1. The lowest BCUT2D eigenvalue weighted by Crippen LogP contribution is -2.10. The molecule has 0 bridgehead atoms. The van der Waals surface area contributed by atoms with Gasteiger partial charge in [-0.05, 0) is 130 Å². The third-order valence-electron chi connectivity index (χ3n) is 11.2. The Kier molecular flexibility index (Phi) is 6.62. The van der Waals surface area contributed by atoms with Gasteiger partial charge < -0.3 is 4.90 Å². The highest BCUT2D eigenvalue weighted by molar-refractivity contribution is 6.16. The van der Waals surface area contributed by atoms with Crippen LogP contribution in [0.15, 0.2) is 200 Å². The van der Waals surface area contributed by atoms with Crippen molar-refractivity contribution in [3.05, 3.63) is 200 Å². The Morgan fingerprint density at radius 2 is 0.755 bits per heavy atom. The first kappa shape index (κ1) is 29.7. The first-order valence-electron chi connectivity index (χ1n) is 18.3. The summed E-state index contributed by atoms with van der Waals surface area (Å²) in [7, 11) is 0. The van der Waals surface area contributed by atoms with E-state index >= 15 is 0 Å². The molecule has 1 heteroatoms. The summed E-state index contributed by atoms with van der Waals surface area (Å²) >= 11 is 0. The zero-order valence-electron chi connectivity index (χ0n) is 29.0. The van der Waals surface area contributed by atoms with Gasteiger partial charge in [0, 0.05) is 17.1 Å². The second-order valence-electron chi connectivity index (χ2n) is 14.1. The van der Waals surface area contributed by atoms with Crippen LogP contribution >= 0.6 is 0 Å². The summed E-state index contributed by atoms with van der Waals surface area (Å²) in [6.45, 7) is 0. The van der Waals surface area contributed by atoms with Crippen molar-refractivity contribution in [2.45, 2.75) is 0 Å². The topological polar surface area (TPSA) is 3.24 Å². The average molecular weight is 672 g/mol. The van der Waals surface area contributed by atoms with Gasteiger partial charge in [0.25, 0.3) is 0 Å². The molecule has 0 aliphatic heterocycles. The third kappa shape index (κ3) is 4.79. The fourth-order valence-corrected chi connectivity index (χ4v) is 8.63. The second kappa shape index (κ2) is 11.8. The maximum absolute atomic E-state index is 2.41. The van der Waals surface area contributed by atoms with E-state index in [9.17, 15) is 0 Å². The molecule has 0 spiro atoms. The van der Waals surface area contributed by atoms with Crippen molar-refractivity contribution in [1.82, 2.24) is 0 Å². The fraction of sp³-hybridized carbons (Fsp3) is 0. The van der Waals surface area contributed by atoms with Crippen molar-refractivity contribution in [1.29, 1.82) is 0 Å². The normalized spacial score (nSPS) is 11.8. The molecule has 0 amide bonds. The predicted molar refractivity (Wildman–Crippen MR) is 226 cm³/mol. The zero-order chi connectivity index (χ0) is 34.9. The molecule has 0 atom stereocenters. The van der Waals surface area contributed by atoms with E-state index in [1.165, 1.54) is 87.6 Å². The third-order valence-corrected chi connectivity index (χ3v) is 11.2. The summed E-state index contributed by atoms with van der Waals surface area (Å²) in [4.78, 5) is 2.41. The number of fused-ring (bicyclic) bond motifs is 7. The molecule has 246 valence electrons. The van der Waals surface area contributed by atoms with Gasteiger partial charge in [-0.1, -0.05) is 158 Å². The summed E-state index contributed by atoms with van der Waals surface area (Å²) < 4.78 is 0. The van der Waals surface area contributed by atoms with Crippen LogP contribution < -0.4 is 4.90 Å². The largest absolute Gasteiger partial charge is 0.310 e. The maximum Gasteiger partial charge on any atom is 0.0474 e. The molecule has 10 aromatic rings. The van der Waals surface area contributed by atoms with E-state index in [4.69, 9.17) is 0 Å². The first-order chi connectivity index (χ1) is 26.3. The number of benzene rings is 10. The summed E-state index contributed by atoms with van der Waals surface area (Å²) in [5, 5.41) is 10.2. The molecule has 0 aromatic heterocycles. The zero-order valence-corrected chi connectivity index (χ0v) is 29.0. The van der Waals surface area contributed by atoms with Crippen LogP contribution in [0.3, 0.4) is 0 Å². The lowest BCUT2D eigenvalue weighted by molar-refractivity contribution is 1.29. The van der Waals surface area contributed by atoms with Crippen LogP contribution in [0.5, 0.6) is 0 Å². The van der Waals surface area contributed by atoms with Crippen LogP contribution in [0.2, 0.25) is 0 Å². The Morgan fingerprint density at radius 3 is 1.51 bits per heavy atom. The SMILES string of the molecule is c1ccc2c(c1)-c1cccc3cc(N(c4ccc(-c5ccc6ccc7ccccc7c6c5)cc4)c4ccc(-c5cccc6ccccc56)cc4)cc-2c13. The van der Waals surface area contributed by atoms with Gasteiger partial charge in [-0.2, -0.15) is 0 Å². The summed E-state index contributed by atoms with van der Waals surface area (Å²) in [5.74, 6) is 0. The molecule has 1 nitrogen and oxygen atoms in total. The van der Waals surface area contributed by atoms with Gasteiger partial charge in [0.1, 0.15) is 0 Å². The Bertz CT molecular complexity index is 3040. The number of anilines is 3. The van der Waals surface area contributed by atoms with E-state index in [1.54, 1.807) is 0 Å². The Labute approximate surface area is 308 Å². The minimum atomic E-state index is 1.12. The molecular weight excluding hydrogens is 639 g/mol. The lowest BCUT2D eigenvalue weighted by Gasteiger charge is -2.27. The van der Waals surface area contributed by atoms with Gasteiger partial charge >= 0.3 is 0 Å². The highest BCUT2D eigenvalue weighted by Gasteiger charge is 2.24. The van der Waals surface area contributed by atoms with Crippen LogP contribution in [0.25, 0.3) is 87.6 Å². The molecule has 0 saturated carbocycles. The lowest BCUT2D eigenvalue weighted by atomic mass is 9.96. The molecule has 0 fully saturated rings. The van der Waals surface area contributed by atoms with Crippen molar-refractivity contribution < 1.29 is 0 Å². The Hall–Kier alpha value is -6.96. The number of hydrogen-bond donors (Lipinski definition) is 0. The van der Waals surface area contributed by atoms with Gasteiger partial charge in [-0.3, -0.25) is 0 Å². The van der Waals surface area contributed by atoms with Crippen LogP contribution in [0.4, 0.5) is 17.1 Å². The monoisotopic (exact) mass is 671 g/mol. The molecular formula is C52H33N. The summed E-state index contributed by atoms with van der Waals surface area (Å²) in [6, 6.07) is 73.6. The van der Waals surface area contributed by atoms with Crippen LogP contribution in [0.1, 0.15) is 0 Å². The summed E-state index contributed by atoms with van der Waals surface area (Å²) in [5.41, 5.74) is 13.5. The molecule has 10 aromatic carbocycles. The van der Waals surface area contributed by atoms with Crippen LogP contribution in [0, 0.1) is 0 Å². The van der Waals surface area contributed by atoms with Crippen molar-refractivity contribution in [3.8, 4) is 44.5 Å². The average Bonchev–Trinajstić information content (AvgIpc) is 3.55. The number of hydrogen-bond acceptors (Lipinski definition) is 1. The second-order valence-corrected chi connectivity index (χ2v) is 14.1. The van der Waals surface area contributed by atoms with Crippen molar-refractivity contribution >= 4 is 60.2 Å². The van der Waals surface area contributed by atoms with Crippen molar-refractivity contribution in [2.75, 3.05) is 4.90 Å². The minimum Gasteiger partial charge on any atom is -0.310 e. The highest BCUT2D eigenvalue weighted by Crippen LogP contribution is 2.50. The van der Waals surface area contributed by atoms with Gasteiger partial charge in [-0.15, -0.1) is 0 Å². The predicted octanol–water partition coefficient (Wildman–Crippen LogP) is 14.8. The Balaban J connectivity index is 1.05. The van der Waals surface area contributed by atoms with Gasteiger partial charge in [0.2, 0.25) is 0 Å². The van der Waals surface area contributed by atoms with E-state index in [0.717, 1.165) is 17.1 Å². The number of rotatable bonds is 5. The molecule has 0 heterocycles. The highest BCUT2D eigenvalue weighted by atomic mass is 15.1. The van der Waals surface area contributed by atoms with E-state index < -0.39 is 0 Å². The van der Waals surface area contributed by atoms with Crippen LogP contribution in [-0.4, -0.2) is 0 Å². The maximum atomic E-state index is 2.41. The molecule has 0 N–H and O–H groups in total. The Morgan fingerprint density at radius 1 is 0.245 bits per heavy atom. The fourth-order valence-electron chi connectivity index (χ4n) is 8.63. The molecule has 0 saturated heterocycles. The molecule has 0 radical (unpaired) electrons. The van der Waals surface area contributed by atoms with Crippen LogP contribution in [-0.2, 0) is 0 Å². The molecule has 11 rings (SSSR count). The quantitative estimate of drug-likeness (QED) is 0.165. The van der Waals surface area contributed by atoms with Gasteiger partial charge in [-0.25, -0.2) is 0 Å². The van der Waals surface area contributed by atoms with E-state index in [1.807, 2.05) is 0 Å². The minimum absolute atomic E-state index is 1.12. The van der Waals surface area contributed by atoms with E-state index in [-0.39, 0.29) is 0 Å². The van der Waals surface area contributed by atoms with E-state index in [2.05, 4.69) is 205 Å². The molecule has 1 aliphatic rings. The van der Waals surface area contributed by atoms with Gasteiger partial charge in [0.05, 0.1) is 0 Å². The standard InChI is InChI=1S/C52H33N/c1-3-13-44-35(9-1)11-7-17-45(44)37-25-29-42(30-26-37)53(43-31-40-12-8-18-49-47-15-5-6-16-48(47)51(33-43)52(40)49)41-27-23-34(24-28-41)39-22-21-38-20-19-36-10-2-4-14-46(36)50(38)32-39/h1-33H. The summed E-state index contributed by atoms with van der Waals surface area (Å²) in [6.07, 6.45) is 0. The van der Waals surface area contributed by atoms with E-state index in [0.29, 0.717) is 0 Å². The molecule has 1 aliphatic carbocycles. The molecule has 53 heavy (non-hydrogen) atoms. The van der Waals surface area contributed by atoms with Crippen molar-refractivity contribution in [2.24, 2.45) is 0 Å².